The molecule has 4 heteroatoms. The van der Waals surface area contributed by atoms with Gasteiger partial charge in [-0.15, -0.1) is 0 Å². The molecule has 3 rings (SSSR count). The predicted octanol–water partition coefficient (Wildman–Crippen LogP) is 4.41. The molecule has 1 fully saturated rings. The fourth-order valence-electron chi connectivity index (χ4n) is 3.88. The van der Waals surface area contributed by atoms with Gasteiger partial charge in [-0.25, -0.2) is 0 Å². The molecule has 0 saturated carbocycles. The van der Waals surface area contributed by atoms with Crippen molar-refractivity contribution in [3.63, 3.8) is 0 Å². The first-order chi connectivity index (χ1) is 13.1. The van der Waals surface area contributed by atoms with Crippen molar-refractivity contribution in [2.75, 3.05) is 25.1 Å². The quantitative estimate of drug-likeness (QED) is 0.759. The molecule has 0 unspecified atom stereocenters. The molecule has 0 aromatic heterocycles. The lowest BCUT2D eigenvalue weighted by Gasteiger charge is -2.38. The summed E-state index contributed by atoms with van der Waals surface area (Å²) in [4.78, 5) is 17.2. The van der Waals surface area contributed by atoms with Gasteiger partial charge in [0.05, 0.1) is 7.11 Å². The lowest BCUT2D eigenvalue weighted by molar-refractivity contribution is -0.119. The summed E-state index contributed by atoms with van der Waals surface area (Å²) in [5, 5.41) is 0. The van der Waals surface area contributed by atoms with Crippen LogP contribution in [0.3, 0.4) is 0 Å². The summed E-state index contributed by atoms with van der Waals surface area (Å²) in [6.45, 7) is 7.09. The Balaban J connectivity index is 1.66. The van der Waals surface area contributed by atoms with Gasteiger partial charge in [0.2, 0.25) is 5.91 Å². The fraction of sp³-hybridized carbons (Fsp3) is 0.435. The number of methoxy groups -OCH3 is 1. The normalized spacial score (nSPS) is 15.5. The van der Waals surface area contributed by atoms with Crippen LogP contribution >= 0.6 is 0 Å². The first kappa shape index (κ1) is 19.4. The first-order valence-corrected chi connectivity index (χ1v) is 9.84. The lowest BCUT2D eigenvalue weighted by atomic mass is 10.0. The van der Waals surface area contributed by atoms with Crippen molar-refractivity contribution in [1.29, 1.82) is 0 Å². The molecular formula is C23H30N2O2. The maximum atomic E-state index is 12.7. The van der Waals surface area contributed by atoms with E-state index in [1.54, 1.807) is 7.11 Å². The second-order valence-corrected chi connectivity index (χ2v) is 7.31. The Labute approximate surface area is 162 Å². The molecule has 0 N–H and O–H groups in total. The number of ether oxygens (including phenoxy) is 1. The Morgan fingerprint density at radius 3 is 2.44 bits per heavy atom. The van der Waals surface area contributed by atoms with Crippen molar-refractivity contribution in [2.24, 2.45) is 0 Å². The minimum absolute atomic E-state index is 0.192. The lowest BCUT2D eigenvalue weighted by Crippen LogP contribution is -2.47. The Kier molecular flexibility index (Phi) is 6.51. The predicted molar refractivity (Wildman–Crippen MR) is 110 cm³/mol. The van der Waals surface area contributed by atoms with Crippen molar-refractivity contribution in [3.05, 3.63) is 59.7 Å². The van der Waals surface area contributed by atoms with Gasteiger partial charge in [0, 0.05) is 37.8 Å². The minimum atomic E-state index is 0.192. The van der Waals surface area contributed by atoms with E-state index in [1.165, 1.54) is 11.1 Å². The second kappa shape index (κ2) is 9.05. The van der Waals surface area contributed by atoms with Gasteiger partial charge in [-0.1, -0.05) is 36.8 Å². The van der Waals surface area contributed by atoms with Crippen molar-refractivity contribution in [1.82, 2.24) is 4.90 Å². The molecule has 1 amide bonds. The summed E-state index contributed by atoms with van der Waals surface area (Å²) in [5.74, 6) is 1.01. The number of rotatable bonds is 6. The number of piperidine rings is 1. The summed E-state index contributed by atoms with van der Waals surface area (Å²) in [6.07, 6.45) is 2.53. The molecule has 4 nitrogen and oxygen atoms in total. The zero-order valence-corrected chi connectivity index (χ0v) is 16.6. The van der Waals surface area contributed by atoms with Crippen LogP contribution in [0.15, 0.2) is 48.5 Å². The number of hydrogen-bond acceptors (Lipinski definition) is 3. The van der Waals surface area contributed by atoms with Crippen LogP contribution in [0.5, 0.6) is 5.75 Å². The summed E-state index contributed by atoms with van der Waals surface area (Å²) < 4.78 is 5.25. The van der Waals surface area contributed by atoms with E-state index in [0.717, 1.165) is 43.9 Å². The van der Waals surface area contributed by atoms with Crippen LogP contribution in [0.1, 0.15) is 37.3 Å². The highest BCUT2D eigenvalue weighted by molar-refractivity contribution is 5.93. The minimum Gasteiger partial charge on any atom is -0.497 e. The van der Waals surface area contributed by atoms with E-state index in [4.69, 9.17) is 4.74 Å². The average Bonchev–Trinajstić information content (AvgIpc) is 2.70. The van der Waals surface area contributed by atoms with E-state index in [9.17, 15) is 4.79 Å². The molecule has 2 aromatic carbocycles. The van der Waals surface area contributed by atoms with Crippen molar-refractivity contribution in [3.8, 4) is 5.75 Å². The highest BCUT2D eigenvalue weighted by Crippen LogP contribution is 2.27. The summed E-state index contributed by atoms with van der Waals surface area (Å²) in [6, 6.07) is 16.8. The SMILES string of the molecule is CCC(=O)N(c1ccc(OC)cc1)C1CCN(Cc2cccc(C)c2)CC1. The fourth-order valence-corrected chi connectivity index (χ4v) is 3.88. The van der Waals surface area contributed by atoms with Gasteiger partial charge in [-0.3, -0.25) is 9.69 Å². The summed E-state index contributed by atoms with van der Waals surface area (Å²) in [7, 11) is 1.66. The number of likely N-dealkylation sites (tertiary alicyclic amines) is 1. The maximum absolute atomic E-state index is 12.7. The zero-order chi connectivity index (χ0) is 19.2. The Bertz CT molecular complexity index is 749. The monoisotopic (exact) mass is 366 g/mol. The zero-order valence-electron chi connectivity index (χ0n) is 16.6. The van der Waals surface area contributed by atoms with Crippen LogP contribution < -0.4 is 9.64 Å². The number of benzene rings is 2. The molecule has 144 valence electrons. The molecular weight excluding hydrogens is 336 g/mol. The Morgan fingerprint density at radius 2 is 1.85 bits per heavy atom. The van der Waals surface area contributed by atoms with Gasteiger partial charge in [-0.05, 0) is 49.6 Å². The Morgan fingerprint density at radius 1 is 1.15 bits per heavy atom. The first-order valence-electron chi connectivity index (χ1n) is 9.84. The van der Waals surface area contributed by atoms with Gasteiger partial charge in [0.1, 0.15) is 5.75 Å². The maximum Gasteiger partial charge on any atom is 0.226 e. The third-order valence-electron chi connectivity index (χ3n) is 5.33. The van der Waals surface area contributed by atoms with E-state index in [2.05, 4.69) is 36.1 Å². The van der Waals surface area contributed by atoms with E-state index in [1.807, 2.05) is 36.1 Å². The highest BCUT2D eigenvalue weighted by Gasteiger charge is 2.28. The molecule has 2 aromatic rings. The molecule has 0 aliphatic carbocycles. The third-order valence-corrected chi connectivity index (χ3v) is 5.33. The van der Waals surface area contributed by atoms with E-state index in [-0.39, 0.29) is 11.9 Å². The second-order valence-electron chi connectivity index (χ2n) is 7.31. The van der Waals surface area contributed by atoms with Crippen LogP contribution in [0, 0.1) is 6.92 Å². The van der Waals surface area contributed by atoms with Crippen LogP contribution in [0.2, 0.25) is 0 Å². The van der Waals surface area contributed by atoms with Gasteiger partial charge >= 0.3 is 0 Å². The van der Waals surface area contributed by atoms with E-state index < -0.39 is 0 Å². The molecule has 0 radical (unpaired) electrons. The van der Waals surface area contributed by atoms with E-state index >= 15 is 0 Å². The molecule has 0 atom stereocenters. The number of carbonyl (C=O) groups excluding carboxylic acids is 1. The molecule has 1 saturated heterocycles. The van der Waals surface area contributed by atoms with Crippen LogP contribution in [-0.2, 0) is 11.3 Å². The standard InChI is InChI=1S/C23H30N2O2/c1-4-23(26)25(20-8-10-22(27-3)11-9-20)21-12-14-24(15-13-21)17-19-7-5-6-18(2)16-19/h5-11,16,21H,4,12-15,17H2,1-3H3. The van der Waals surface area contributed by atoms with Crippen LogP contribution in [-0.4, -0.2) is 37.0 Å². The smallest absolute Gasteiger partial charge is 0.226 e. The number of aryl methyl sites for hydroxylation is 1. The molecule has 27 heavy (non-hydrogen) atoms. The number of nitrogens with zero attached hydrogens (tertiary/aromatic N) is 2. The molecule has 0 spiro atoms. The summed E-state index contributed by atoms with van der Waals surface area (Å²) in [5.41, 5.74) is 3.64. The van der Waals surface area contributed by atoms with Crippen molar-refractivity contribution >= 4 is 11.6 Å². The molecule has 0 bridgehead atoms. The third kappa shape index (κ3) is 4.89. The topological polar surface area (TPSA) is 32.8 Å². The highest BCUT2D eigenvalue weighted by atomic mass is 16.5. The van der Waals surface area contributed by atoms with Crippen molar-refractivity contribution < 1.29 is 9.53 Å². The summed E-state index contributed by atoms with van der Waals surface area (Å²) >= 11 is 0. The van der Waals surface area contributed by atoms with Gasteiger partial charge in [0.25, 0.3) is 0 Å². The average molecular weight is 367 g/mol. The molecule has 1 aliphatic heterocycles. The number of amides is 1. The van der Waals surface area contributed by atoms with Crippen molar-refractivity contribution in [2.45, 2.75) is 45.7 Å². The molecule has 1 aliphatic rings. The number of hydrogen-bond donors (Lipinski definition) is 0. The number of anilines is 1. The van der Waals surface area contributed by atoms with Crippen LogP contribution in [0.4, 0.5) is 5.69 Å². The largest absolute Gasteiger partial charge is 0.497 e. The molecule has 1 heterocycles. The Hall–Kier alpha value is -2.33. The number of carbonyl (C=O) groups is 1. The van der Waals surface area contributed by atoms with Crippen LogP contribution in [0.25, 0.3) is 0 Å². The van der Waals surface area contributed by atoms with Gasteiger partial charge in [-0.2, -0.15) is 0 Å². The van der Waals surface area contributed by atoms with E-state index in [0.29, 0.717) is 6.42 Å². The van der Waals surface area contributed by atoms with Gasteiger partial charge in [0.15, 0.2) is 0 Å². The van der Waals surface area contributed by atoms with Gasteiger partial charge < -0.3 is 9.64 Å².